The molecule has 0 bridgehead atoms. The average Bonchev–Trinajstić information content (AvgIpc) is 3.52. The molecule has 1 aromatic heterocycles. The van der Waals surface area contributed by atoms with E-state index in [1.165, 1.54) is 25.7 Å². The molecule has 2 aliphatic heterocycles. The van der Waals surface area contributed by atoms with E-state index in [0.29, 0.717) is 43.2 Å². The third-order valence-electron chi connectivity index (χ3n) is 7.71. The Morgan fingerprint density at radius 1 is 1.00 bits per heavy atom. The molecule has 31 heavy (non-hydrogen) atoms. The van der Waals surface area contributed by atoms with E-state index in [1.54, 1.807) is 0 Å². The van der Waals surface area contributed by atoms with E-state index in [4.69, 9.17) is 4.98 Å². The average molecular weight is 427 g/mol. The molecule has 1 N–H and O–H groups in total. The number of likely N-dealkylation sites (tertiary alicyclic amines) is 1. The van der Waals surface area contributed by atoms with Gasteiger partial charge in [-0.15, -0.1) is 0 Å². The van der Waals surface area contributed by atoms with Crippen LogP contribution in [0.5, 0.6) is 0 Å². The highest BCUT2D eigenvalue weighted by Crippen LogP contribution is 2.34. The van der Waals surface area contributed by atoms with E-state index in [0.717, 1.165) is 50.8 Å². The fourth-order valence-corrected chi connectivity index (χ4v) is 5.66. The molecule has 3 heterocycles. The van der Waals surface area contributed by atoms with Crippen molar-refractivity contribution in [3.63, 3.8) is 0 Å². The molecule has 4 aliphatic rings. The summed E-state index contributed by atoms with van der Waals surface area (Å²) in [5, 5.41) is 0. The summed E-state index contributed by atoms with van der Waals surface area (Å²) in [5.41, 5.74) is 1.29. The number of H-pyrrole nitrogens is 1. The van der Waals surface area contributed by atoms with Gasteiger partial charge in [-0.05, 0) is 44.4 Å². The molecule has 168 valence electrons. The third-order valence-corrected chi connectivity index (χ3v) is 7.71. The van der Waals surface area contributed by atoms with Gasteiger partial charge in [0.2, 0.25) is 11.8 Å². The zero-order valence-corrected chi connectivity index (χ0v) is 18.4. The predicted molar refractivity (Wildman–Crippen MR) is 116 cm³/mol. The molecule has 2 aliphatic carbocycles. The second-order valence-electron chi connectivity index (χ2n) is 9.95. The van der Waals surface area contributed by atoms with Crippen LogP contribution in [-0.2, 0) is 22.6 Å². The summed E-state index contributed by atoms with van der Waals surface area (Å²) in [6, 6.07) is -0.131. The van der Waals surface area contributed by atoms with Crippen molar-refractivity contribution in [3.8, 4) is 0 Å². The van der Waals surface area contributed by atoms with Crippen molar-refractivity contribution < 1.29 is 9.59 Å². The van der Waals surface area contributed by atoms with Crippen LogP contribution >= 0.6 is 0 Å². The monoisotopic (exact) mass is 426 g/mol. The number of fused-ring (bicyclic) bond motifs is 1. The number of nitrogens with zero attached hydrogens (tertiary/aromatic N) is 3. The second kappa shape index (κ2) is 8.75. The number of hydrogen-bond donors (Lipinski definition) is 1. The normalized spacial score (nSPS) is 24.3. The lowest BCUT2D eigenvalue weighted by Gasteiger charge is -2.36. The van der Waals surface area contributed by atoms with Gasteiger partial charge in [-0.1, -0.05) is 25.7 Å². The maximum Gasteiger partial charge on any atom is 0.256 e. The van der Waals surface area contributed by atoms with Crippen LogP contribution in [0.15, 0.2) is 4.79 Å². The van der Waals surface area contributed by atoms with Crippen LogP contribution in [0.2, 0.25) is 0 Å². The summed E-state index contributed by atoms with van der Waals surface area (Å²) in [6.07, 6.45) is 12.2. The molecule has 7 heteroatoms. The van der Waals surface area contributed by atoms with Crippen LogP contribution < -0.4 is 5.56 Å². The molecule has 1 saturated heterocycles. The lowest BCUT2D eigenvalue weighted by Crippen LogP contribution is -2.43. The SMILES string of the molecule is O=C(C1CC1)N1CCc2nc([C@@H]3CCCCN3C(=O)CCC3CCCC3)[nH]c(=O)c2C1. The summed E-state index contributed by atoms with van der Waals surface area (Å²) in [5.74, 6) is 1.90. The molecule has 7 nitrogen and oxygen atoms in total. The maximum absolute atomic E-state index is 13.1. The van der Waals surface area contributed by atoms with E-state index < -0.39 is 0 Å². The molecular formula is C24H34N4O3. The van der Waals surface area contributed by atoms with Crippen LogP contribution in [0.3, 0.4) is 0 Å². The van der Waals surface area contributed by atoms with E-state index in [2.05, 4.69) is 4.98 Å². The molecule has 3 fully saturated rings. The molecule has 0 spiro atoms. The van der Waals surface area contributed by atoms with Crippen molar-refractivity contribution in [2.75, 3.05) is 13.1 Å². The number of aromatic amines is 1. The van der Waals surface area contributed by atoms with E-state index in [-0.39, 0.29) is 29.3 Å². The molecule has 1 aromatic rings. The largest absolute Gasteiger partial charge is 0.337 e. The first-order valence-electron chi connectivity index (χ1n) is 12.3. The Hall–Kier alpha value is -2.18. The summed E-state index contributed by atoms with van der Waals surface area (Å²) in [4.78, 5) is 50.0. The fraction of sp³-hybridized carbons (Fsp3) is 0.750. The molecular weight excluding hydrogens is 392 g/mol. The number of carbonyl (C=O) groups is 2. The number of nitrogens with one attached hydrogen (secondary N) is 1. The highest BCUT2D eigenvalue weighted by atomic mass is 16.2. The van der Waals surface area contributed by atoms with Crippen molar-refractivity contribution in [2.45, 2.75) is 89.6 Å². The zero-order valence-electron chi connectivity index (χ0n) is 18.4. The van der Waals surface area contributed by atoms with Gasteiger partial charge in [0.1, 0.15) is 5.82 Å². The van der Waals surface area contributed by atoms with Crippen LogP contribution in [0.25, 0.3) is 0 Å². The van der Waals surface area contributed by atoms with Crippen LogP contribution in [-0.4, -0.2) is 44.7 Å². The van der Waals surface area contributed by atoms with Gasteiger partial charge in [0.05, 0.1) is 23.8 Å². The van der Waals surface area contributed by atoms with Crippen molar-refractivity contribution in [1.82, 2.24) is 19.8 Å². The molecule has 2 saturated carbocycles. The first-order chi connectivity index (χ1) is 15.1. The van der Waals surface area contributed by atoms with Crippen molar-refractivity contribution in [1.29, 1.82) is 0 Å². The van der Waals surface area contributed by atoms with Crippen molar-refractivity contribution in [2.24, 2.45) is 11.8 Å². The number of piperidine rings is 1. The summed E-state index contributed by atoms with van der Waals surface area (Å²) >= 11 is 0. The van der Waals surface area contributed by atoms with Gasteiger partial charge in [-0.2, -0.15) is 0 Å². The van der Waals surface area contributed by atoms with Crippen LogP contribution in [0.4, 0.5) is 0 Å². The summed E-state index contributed by atoms with van der Waals surface area (Å²) < 4.78 is 0. The van der Waals surface area contributed by atoms with E-state index >= 15 is 0 Å². The molecule has 5 rings (SSSR count). The Morgan fingerprint density at radius 3 is 2.55 bits per heavy atom. The van der Waals surface area contributed by atoms with Crippen LogP contribution in [0.1, 0.15) is 93.8 Å². The van der Waals surface area contributed by atoms with Crippen molar-refractivity contribution in [3.05, 3.63) is 27.4 Å². The number of amides is 2. The quantitative estimate of drug-likeness (QED) is 0.784. The third kappa shape index (κ3) is 4.41. The number of carbonyl (C=O) groups excluding carboxylic acids is 2. The Bertz CT molecular complexity index is 901. The molecule has 2 amide bonds. The highest BCUT2D eigenvalue weighted by Gasteiger charge is 2.36. The van der Waals surface area contributed by atoms with Gasteiger partial charge in [0.25, 0.3) is 5.56 Å². The fourth-order valence-electron chi connectivity index (χ4n) is 5.66. The Kier molecular flexibility index (Phi) is 5.85. The minimum Gasteiger partial charge on any atom is -0.337 e. The Morgan fingerprint density at radius 2 is 1.77 bits per heavy atom. The first kappa shape index (κ1) is 20.7. The molecule has 1 atom stereocenters. The van der Waals surface area contributed by atoms with Crippen LogP contribution in [0, 0.1) is 11.8 Å². The first-order valence-corrected chi connectivity index (χ1v) is 12.3. The number of aromatic nitrogens is 2. The van der Waals surface area contributed by atoms with Crippen molar-refractivity contribution >= 4 is 11.8 Å². The number of hydrogen-bond acceptors (Lipinski definition) is 4. The molecule has 0 unspecified atom stereocenters. The van der Waals surface area contributed by atoms with Gasteiger partial charge in [-0.25, -0.2) is 4.98 Å². The number of rotatable bonds is 5. The zero-order chi connectivity index (χ0) is 21.4. The van der Waals surface area contributed by atoms with Gasteiger partial charge in [0, 0.05) is 31.8 Å². The van der Waals surface area contributed by atoms with E-state index in [1.807, 2.05) is 9.80 Å². The minimum absolute atomic E-state index is 0.131. The Labute approximate surface area is 183 Å². The Balaban J connectivity index is 1.31. The lowest BCUT2D eigenvalue weighted by atomic mass is 9.97. The molecule has 0 aromatic carbocycles. The van der Waals surface area contributed by atoms with Gasteiger partial charge < -0.3 is 14.8 Å². The summed E-state index contributed by atoms with van der Waals surface area (Å²) in [6.45, 7) is 1.74. The maximum atomic E-state index is 13.1. The lowest BCUT2D eigenvalue weighted by molar-refractivity contribution is -0.136. The van der Waals surface area contributed by atoms with Gasteiger partial charge in [0.15, 0.2) is 0 Å². The topological polar surface area (TPSA) is 86.4 Å². The second-order valence-corrected chi connectivity index (χ2v) is 9.95. The predicted octanol–water partition coefficient (Wildman–Crippen LogP) is 3.09. The van der Waals surface area contributed by atoms with Gasteiger partial charge >= 0.3 is 0 Å². The van der Waals surface area contributed by atoms with E-state index in [9.17, 15) is 14.4 Å². The summed E-state index contributed by atoms with van der Waals surface area (Å²) in [7, 11) is 0. The smallest absolute Gasteiger partial charge is 0.256 e. The van der Waals surface area contributed by atoms with Gasteiger partial charge in [-0.3, -0.25) is 14.4 Å². The highest BCUT2D eigenvalue weighted by molar-refractivity contribution is 5.81. The standard InChI is InChI=1S/C24H34N4O3/c29-21(11-8-16-5-1-2-6-16)28-13-4-3-7-20(28)22-25-19-12-14-27(24(31)17-9-10-17)15-18(19)23(30)26-22/h16-17,20H,1-15H2,(H,25,26,30)/t20-/m0/s1. The molecule has 0 radical (unpaired) electrons. The minimum atomic E-state index is -0.141.